The Morgan fingerprint density at radius 3 is 2.59 bits per heavy atom. The molecule has 1 saturated carbocycles. The molecular weight excluding hydrogens is 494 g/mol. The molecule has 1 atom stereocenters. The van der Waals surface area contributed by atoms with E-state index in [2.05, 4.69) is 10.3 Å². The number of carbonyl (C=O) groups excluding carboxylic acids is 1. The molecule has 1 aromatic carbocycles. The van der Waals surface area contributed by atoms with Crippen LogP contribution in [0.25, 0.3) is 16.7 Å². The van der Waals surface area contributed by atoms with Crippen LogP contribution in [-0.2, 0) is 16.1 Å². The standard InChI is InChI=1S/C27H32ClN5O4/c1-26(6-7-26)25(35)31-11-8-27(36,9-12-31)16-32-17-30-23-20(24(32)34)14-22(28)33(23)19-4-2-18(3-5-19)21-15-37-13-10-29-21/h2-5,14,17,21,29,36H,6-13,15-16H2,1H3/t21-/m0/s1. The Morgan fingerprint density at radius 2 is 1.95 bits per heavy atom. The lowest BCUT2D eigenvalue weighted by Crippen LogP contribution is -2.51. The summed E-state index contributed by atoms with van der Waals surface area (Å²) in [5, 5.41) is 15.5. The van der Waals surface area contributed by atoms with Crippen LogP contribution in [0, 0.1) is 5.41 Å². The predicted octanol–water partition coefficient (Wildman–Crippen LogP) is 2.66. The number of nitrogens with one attached hydrogen (secondary N) is 1. The maximum atomic E-state index is 13.4. The lowest BCUT2D eigenvalue weighted by atomic mass is 9.90. The molecule has 2 N–H and O–H groups in total. The molecular formula is C27H32ClN5O4. The van der Waals surface area contributed by atoms with Gasteiger partial charge in [0.15, 0.2) is 5.65 Å². The number of hydrogen-bond donors (Lipinski definition) is 2. The number of aliphatic hydroxyl groups is 1. The van der Waals surface area contributed by atoms with Crippen LogP contribution in [0.4, 0.5) is 0 Å². The molecule has 2 aromatic heterocycles. The van der Waals surface area contributed by atoms with Crippen LogP contribution in [0.3, 0.4) is 0 Å². The van der Waals surface area contributed by atoms with Crippen LogP contribution in [0.5, 0.6) is 0 Å². The van der Waals surface area contributed by atoms with Crippen molar-refractivity contribution in [3.8, 4) is 5.69 Å². The van der Waals surface area contributed by atoms with Gasteiger partial charge in [-0.05, 0) is 49.4 Å². The zero-order valence-electron chi connectivity index (χ0n) is 21.0. The van der Waals surface area contributed by atoms with E-state index in [0.29, 0.717) is 48.7 Å². The zero-order valence-corrected chi connectivity index (χ0v) is 21.7. The SMILES string of the molecule is CC1(C(=O)N2CCC(O)(Cn3cnc4c(cc(Cl)n4-c4ccc([C@@H]5COCCN5)cc4)c3=O)CC2)CC1. The van der Waals surface area contributed by atoms with E-state index in [1.165, 1.54) is 10.9 Å². The molecule has 9 nitrogen and oxygen atoms in total. The average molecular weight is 526 g/mol. The Balaban J connectivity index is 1.21. The molecule has 37 heavy (non-hydrogen) atoms. The smallest absolute Gasteiger partial charge is 0.262 e. The van der Waals surface area contributed by atoms with Crippen molar-refractivity contribution in [2.24, 2.45) is 5.41 Å². The van der Waals surface area contributed by atoms with Gasteiger partial charge in [0, 0.05) is 30.7 Å². The fourth-order valence-corrected chi connectivity index (χ4v) is 5.75. The second kappa shape index (κ2) is 9.23. The molecule has 3 aliphatic rings. The van der Waals surface area contributed by atoms with Crippen molar-refractivity contribution in [2.45, 2.75) is 50.8 Å². The van der Waals surface area contributed by atoms with Crippen molar-refractivity contribution in [3.05, 3.63) is 57.7 Å². The van der Waals surface area contributed by atoms with Gasteiger partial charge in [0.05, 0.1) is 36.8 Å². The average Bonchev–Trinajstić information content (AvgIpc) is 3.57. The summed E-state index contributed by atoms with van der Waals surface area (Å²) < 4.78 is 8.78. The van der Waals surface area contributed by atoms with E-state index < -0.39 is 5.60 Å². The van der Waals surface area contributed by atoms with Gasteiger partial charge in [0.1, 0.15) is 11.5 Å². The summed E-state index contributed by atoms with van der Waals surface area (Å²) in [5.41, 5.74) is 0.879. The van der Waals surface area contributed by atoms with Gasteiger partial charge in [0.2, 0.25) is 5.91 Å². The molecule has 1 aliphatic carbocycles. The minimum Gasteiger partial charge on any atom is -0.388 e. The summed E-state index contributed by atoms with van der Waals surface area (Å²) >= 11 is 6.58. The summed E-state index contributed by atoms with van der Waals surface area (Å²) in [7, 11) is 0. The van der Waals surface area contributed by atoms with E-state index in [0.717, 1.165) is 37.2 Å². The van der Waals surface area contributed by atoms with Crippen LogP contribution in [-0.4, -0.2) is 68.5 Å². The van der Waals surface area contributed by atoms with E-state index in [4.69, 9.17) is 16.3 Å². The first-order chi connectivity index (χ1) is 17.8. The van der Waals surface area contributed by atoms with Gasteiger partial charge >= 0.3 is 0 Å². The number of nitrogens with zero attached hydrogens (tertiary/aromatic N) is 4. The topological polar surface area (TPSA) is 102 Å². The van der Waals surface area contributed by atoms with Crippen molar-refractivity contribution in [1.29, 1.82) is 0 Å². The molecule has 6 rings (SSSR count). The highest BCUT2D eigenvalue weighted by atomic mass is 35.5. The molecule has 3 aromatic rings. The van der Waals surface area contributed by atoms with Crippen molar-refractivity contribution < 1.29 is 14.6 Å². The van der Waals surface area contributed by atoms with E-state index in [1.54, 1.807) is 10.6 Å². The quantitative estimate of drug-likeness (QED) is 0.531. The Kier molecular flexibility index (Phi) is 6.14. The molecule has 0 bridgehead atoms. The van der Waals surface area contributed by atoms with E-state index in [-0.39, 0.29) is 29.5 Å². The number of rotatable bonds is 5. The summed E-state index contributed by atoms with van der Waals surface area (Å²) in [6.07, 6.45) is 4.21. The minimum absolute atomic E-state index is 0.127. The molecule has 10 heteroatoms. The van der Waals surface area contributed by atoms with Gasteiger partial charge < -0.3 is 20.1 Å². The number of benzene rings is 1. The summed E-state index contributed by atoms with van der Waals surface area (Å²) in [5.74, 6) is 0.183. The molecule has 196 valence electrons. The van der Waals surface area contributed by atoms with E-state index in [9.17, 15) is 14.7 Å². The van der Waals surface area contributed by atoms with Crippen LogP contribution in [0.1, 0.15) is 44.2 Å². The van der Waals surface area contributed by atoms with Gasteiger partial charge in [-0.1, -0.05) is 30.7 Å². The first kappa shape index (κ1) is 24.6. The van der Waals surface area contributed by atoms with E-state index >= 15 is 0 Å². The number of piperidine rings is 1. The second-order valence-corrected chi connectivity index (χ2v) is 11.4. The molecule has 2 saturated heterocycles. The van der Waals surface area contributed by atoms with Gasteiger partial charge in [-0.2, -0.15) is 0 Å². The van der Waals surface area contributed by atoms with Crippen LogP contribution < -0.4 is 10.9 Å². The monoisotopic (exact) mass is 525 g/mol. The number of morpholine rings is 1. The molecule has 2 aliphatic heterocycles. The van der Waals surface area contributed by atoms with Gasteiger partial charge in [-0.3, -0.25) is 18.7 Å². The fraction of sp³-hybridized carbons (Fsp3) is 0.519. The molecule has 4 heterocycles. The van der Waals surface area contributed by atoms with Crippen molar-refractivity contribution in [3.63, 3.8) is 0 Å². The Morgan fingerprint density at radius 1 is 1.22 bits per heavy atom. The molecule has 0 unspecified atom stereocenters. The molecule has 0 radical (unpaired) electrons. The lowest BCUT2D eigenvalue weighted by Gasteiger charge is -2.39. The number of halogens is 1. The lowest BCUT2D eigenvalue weighted by molar-refractivity contribution is -0.141. The minimum atomic E-state index is -1.07. The first-order valence-electron chi connectivity index (χ1n) is 13.0. The van der Waals surface area contributed by atoms with E-state index in [1.807, 2.05) is 36.1 Å². The van der Waals surface area contributed by atoms with Gasteiger partial charge in [-0.25, -0.2) is 4.98 Å². The van der Waals surface area contributed by atoms with Crippen LogP contribution in [0.2, 0.25) is 5.15 Å². The van der Waals surface area contributed by atoms with Gasteiger partial charge in [0.25, 0.3) is 5.56 Å². The maximum absolute atomic E-state index is 13.4. The number of likely N-dealkylation sites (tertiary alicyclic amines) is 1. The molecule has 0 spiro atoms. The number of carbonyl (C=O) groups is 1. The third-order valence-corrected chi connectivity index (χ3v) is 8.46. The largest absolute Gasteiger partial charge is 0.388 e. The highest BCUT2D eigenvalue weighted by Crippen LogP contribution is 2.47. The fourth-order valence-electron chi connectivity index (χ4n) is 5.46. The van der Waals surface area contributed by atoms with Crippen molar-refractivity contribution in [2.75, 3.05) is 32.8 Å². The highest BCUT2D eigenvalue weighted by molar-refractivity contribution is 6.31. The first-order valence-corrected chi connectivity index (χ1v) is 13.3. The number of hydrogen-bond acceptors (Lipinski definition) is 6. The normalized spacial score (nSPS) is 22.8. The number of aromatic nitrogens is 3. The Bertz CT molecular complexity index is 1380. The zero-order chi connectivity index (χ0) is 25.8. The van der Waals surface area contributed by atoms with Gasteiger partial charge in [-0.15, -0.1) is 0 Å². The summed E-state index contributed by atoms with van der Waals surface area (Å²) in [6.45, 7) is 5.30. The number of amides is 1. The maximum Gasteiger partial charge on any atom is 0.262 e. The third-order valence-electron chi connectivity index (χ3n) is 8.18. The number of fused-ring (bicyclic) bond motifs is 1. The van der Waals surface area contributed by atoms with Crippen LogP contribution >= 0.6 is 11.6 Å². The Labute approximate surface area is 220 Å². The number of ether oxygens (including phenoxy) is 1. The Hall–Kier alpha value is -2.72. The molecule has 1 amide bonds. The third kappa shape index (κ3) is 4.58. The van der Waals surface area contributed by atoms with Crippen molar-refractivity contribution >= 4 is 28.5 Å². The van der Waals surface area contributed by atoms with Crippen LogP contribution in [0.15, 0.2) is 41.5 Å². The highest BCUT2D eigenvalue weighted by Gasteiger charge is 2.48. The molecule has 3 fully saturated rings. The van der Waals surface area contributed by atoms with Crippen molar-refractivity contribution in [1.82, 2.24) is 24.3 Å². The summed E-state index contributed by atoms with van der Waals surface area (Å²) in [4.78, 5) is 32.4. The summed E-state index contributed by atoms with van der Waals surface area (Å²) in [6, 6.07) is 9.77. The predicted molar refractivity (Wildman–Crippen MR) is 140 cm³/mol. The second-order valence-electron chi connectivity index (χ2n) is 11.0.